The van der Waals surface area contributed by atoms with Crippen LogP contribution in [0.15, 0.2) is 18.2 Å². The Morgan fingerprint density at radius 3 is 2.92 bits per heavy atom. The molecule has 0 spiro atoms. The number of urea groups is 1. The summed E-state index contributed by atoms with van der Waals surface area (Å²) in [6.07, 6.45) is 0. The molecule has 1 aromatic rings. The topological polar surface area (TPSA) is 66.9 Å². The van der Waals surface area contributed by atoms with Crippen LogP contribution in [-0.4, -0.2) is 73.4 Å². The predicted molar refractivity (Wildman–Crippen MR) is 89.9 cm³/mol. The first-order chi connectivity index (χ1) is 11.7. The number of nitrogens with zero attached hydrogens (tertiary/aromatic N) is 3. The maximum atomic E-state index is 12.5. The number of hydrogen-bond donors (Lipinski definition) is 1. The van der Waals surface area contributed by atoms with Crippen molar-refractivity contribution in [3.8, 4) is 5.88 Å². The average Bonchev–Trinajstić information content (AvgIpc) is 3.02. The van der Waals surface area contributed by atoms with Gasteiger partial charge in [-0.15, -0.1) is 0 Å². The van der Waals surface area contributed by atoms with Gasteiger partial charge in [0.05, 0.1) is 32.6 Å². The van der Waals surface area contributed by atoms with E-state index in [2.05, 4.69) is 22.1 Å². The Morgan fingerprint density at radius 1 is 1.38 bits per heavy atom. The van der Waals surface area contributed by atoms with Crippen molar-refractivity contribution in [1.29, 1.82) is 0 Å². The van der Waals surface area contributed by atoms with Gasteiger partial charge in [0.15, 0.2) is 0 Å². The zero-order valence-corrected chi connectivity index (χ0v) is 14.4. The van der Waals surface area contributed by atoms with E-state index in [0.717, 1.165) is 45.1 Å². The fraction of sp³-hybridized carbons (Fsp3) is 0.647. The van der Waals surface area contributed by atoms with Gasteiger partial charge in [0, 0.05) is 38.3 Å². The monoisotopic (exact) mass is 334 g/mol. The summed E-state index contributed by atoms with van der Waals surface area (Å²) in [5.74, 6) is 1.03. The number of morpholine rings is 1. The van der Waals surface area contributed by atoms with E-state index >= 15 is 0 Å². The van der Waals surface area contributed by atoms with Crippen LogP contribution < -0.4 is 10.1 Å². The fourth-order valence-corrected chi connectivity index (χ4v) is 3.45. The van der Waals surface area contributed by atoms with Crippen LogP contribution in [0.25, 0.3) is 0 Å². The fourth-order valence-electron chi connectivity index (χ4n) is 3.45. The van der Waals surface area contributed by atoms with Gasteiger partial charge in [0.2, 0.25) is 5.88 Å². The van der Waals surface area contributed by atoms with Gasteiger partial charge in [-0.25, -0.2) is 9.78 Å². The Bertz CT molecular complexity index is 563. The molecule has 3 rings (SSSR count). The summed E-state index contributed by atoms with van der Waals surface area (Å²) < 4.78 is 10.5. The number of pyridine rings is 1. The molecular formula is C17H26N4O3. The lowest BCUT2D eigenvalue weighted by molar-refractivity contribution is 0.0123. The van der Waals surface area contributed by atoms with Crippen molar-refractivity contribution in [3.63, 3.8) is 0 Å². The van der Waals surface area contributed by atoms with Crippen molar-refractivity contribution in [2.24, 2.45) is 5.92 Å². The number of amides is 2. The molecule has 1 N–H and O–H groups in total. The molecule has 0 saturated carbocycles. The van der Waals surface area contributed by atoms with Crippen molar-refractivity contribution < 1.29 is 14.3 Å². The zero-order valence-electron chi connectivity index (χ0n) is 14.4. The van der Waals surface area contributed by atoms with Gasteiger partial charge >= 0.3 is 6.03 Å². The van der Waals surface area contributed by atoms with Crippen molar-refractivity contribution in [3.05, 3.63) is 23.9 Å². The molecule has 1 aromatic heterocycles. The van der Waals surface area contributed by atoms with Crippen LogP contribution in [0.4, 0.5) is 4.79 Å². The number of carbonyl (C=O) groups is 1. The van der Waals surface area contributed by atoms with Gasteiger partial charge in [-0.3, -0.25) is 4.90 Å². The Morgan fingerprint density at radius 2 is 2.17 bits per heavy atom. The van der Waals surface area contributed by atoms with E-state index in [1.54, 1.807) is 13.2 Å². The number of ether oxygens (including phenoxy) is 2. The SMILES string of the molecule is COc1cccc(CNC(=O)N2CC(C)C(N3CCOCC3)C2)n1. The minimum atomic E-state index is -0.0257. The summed E-state index contributed by atoms with van der Waals surface area (Å²) in [6.45, 7) is 7.68. The van der Waals surface area contributed by atoms with E-state index in [9.17, 15) is 4.79 Å². The van der Waals surface area contributed by atoms with Gasteiger partial charge in [0.1, 0.15) is 0 Å². The van der Waals surface area contributed by atoms with Crippen LogP contribution in [0.2, 0.25) is 0 Å². The predicted octanol–water partition coefficient (Wildman–Crippen LogP) is 0.952. The number of rotatable bonds is 4. The van der Waals surface area contributed by atoms with E-state index < -0.39 is 0 Å². The molecule has 3 heterocycles. The number of aromatic nitrogens is 1. The van der Waals surface area contributed by atoms with Crippen LogP contribution >= 0.6 is 0 Å². The molecule has 2 aliphatic heterocycles. The van der Waals surface area contributed by atoms with Crippen LogP contribution in [0.3, 0.4) is 0 Å². The van der Waals surface area contributed by atoms with Crippen molar-refractivity contribution in [1.82, 2.24) is 20.1 Å². The highest BCUT2D eigenvalue weighted by molar-refractivity contribution is 5.74. The normalized spacial score (nSPS) is 24.8. The summed E-state index contributed by atoms with van der Waals surface area (Å²) in [5.41, 5.74) is 0.791. The Balaban J connectivity index is 1.51. The van der Waals surface area contributed by atoms with E-state index in [4.69, 9.17) is 9.47 Å². The second-order valence-electron chi connectivity index (χ2n) is 6.43. The maximum Gasteiger partial charge on any atom is 0.317 e. The van der Waals surface area contributed by atoms with Crippen molar-refractivity contribution >= 4 is 6.03 Å². The first-order valence-corrected chi connectivity index (χ1v) is 8.52. The van der Waals surface area contributed by atoms with E-state index in [0.29, 0.717) is 24.4 Å². The zero-order chi connectivity index (χ0) is 16.9. The Hall–Kier alpha value is -1.86. The molecule has 7 nitrogen and oxygen atoms in total. The lowest BCUT2D eigenvalue weighted by atomic mass is 10.0. The minimum Gasteiger partial charge on any atom is -0.481 e. The van der Waals surface area contributed by atoms with Crippen LogP contribution in [0, 0.1) is 5.92 Å². The first kappa shape index (κ1) is 17.0. The highest BCUT2D eigenvalue weighted by Crippen LogP contribution is 2.22. The maximum absolute atomic E-state index is 12.5. The molecular weight excluding hydrogens is 308 g/mol. The van der Waals surface area contributed by atoms with E-state index in [1.807, 2.05) is 17.0 Å². The average molecular weight is 334 g/mol. The van der Waals surface area contributed by atoms with Gasteiger partial charge in [-0.2, -0.15) is 0 Å². The molecule has 2 fully saturated rings. The molecule has 2 amide bonds. The summed E-state index contributed by atoms with van der Waals surface area (Å²) in [5, 5.41) is 2.96. The molecule has 0 aromatic carbocycles. The standard InChI is InChI=1S/C17H26N4O3/c1-13-11-21(12-15(13)20-6-8-24-9-7-20)17(22)18-10-14-4-3-5-16(19-14)23-2/h3-5,13,15H,6-12H2,1-2H3,(H,18,22). The molecule has 24 heavy (non-hydrogen) atoms. The summed E-state index contributed by atoms with van der Waals surface area (Å²) in [7, 11) is 1.59. The molecule has 132 valence electrons. The number of hydrogen-bond acceptors (Lipinski definition) is 5. The molecule has 0 aliphatic carbocycles. The van der Waals surface area contributed by atoms with Gasteiger partial charge in [0.25, 0.3) is 0 Å². The third-order valence-corrected chi connectivity index (χ3v) is 4.79. The molecule has 2 saturated heterocycles. The van der Waals surface area contributed by atoms with E-state index in [1.165, 1.54) is 0 Å². The second kappa shape index (κ2) is 7.81. The van der Waals surface area contributed by atoms with Crippen molar-refractivity contribution in [2.75, 3.05) is 46.5 Å². The molecule has 0 bridgehead atoms. The number of carbonyl (C=O) groups excluding carboxylic acids is 1. The van der Waals surface area contributed by atoms with Crippen LogP contribution in [0.1, 0.15) is 12.6 Å². The number of methoxy groups -OCH3 is 1. The summed E-state index contributed by atoms with van der Waals surface area (Å²) >= 11 is 0. The van der Waals surface area contributed by atoms with Gasteiger partial charge in [-0.1, -0.05) is 13.0 Å². The number of likely N-dealkylation sites (tertiary alicyclic amines) is 1. The quantitative estimate of drug-likeness (QED) is 0.888. The minimum absolute atomic E-state index is 0.0257. The highest BCUT2D eigenvalue weighted by Gasteiger charge is 2.36. The molecule has 7 heteroatoms. The Labute approximate surface area is 142 Å². The van der Waals surface area contributed by atoms with Crippen LogP contribution in [-0.2, 0) is 11.3 Å². The Kier molecular flexibility index (Phi) is 5.52. The summed E-state index contributed by atoms with van der Waals surface area (Å²) in [6, 6.07) is 5.95. The van der Waals surface area contributed by atoms with E-state index in [-0.39, 0.29) is 6.03 Å². The largest absolute Gasteiger partial charge is 0.481 e. The lowest BCUT2D eigenvalue weighted by Gasteiger charge is -2.33. The lowest BCUT2D eigenvalue weighted by Crippen LogP contribution is -2.47. The highest BCUT2D eigenvalue weighted by atomic mass is 16.5. The second-order valence-corrected chi connectivity index (χ2v) is 6.43. The third kappa shape index (κ3) is 3.96. The first-order valence-electron chi connectivity index (χ1n) is 8.52. The van der Waals surface area contributed by atoms with Crippen LogP contribution in [0.5, 0.6) is 5.88 Å². The molecule has 2 aliphatic rings. The number of nitrogens with one attached hydrogen (secondary N) is 1. The molecule has 2 unspecified atom stereocenters. The third-order valence-electron chi connectivity index (χ3n) is 4.79. The smallest absolute Gasteiger partial charge is 0.317 e. The van der Waals surface area contributed by atoms with Crippen molar-refractivity contribution in [2.45, 2.75) is 19.5 Å². The molecule has 2 atom stereocenters. The molecule has 0 radical (unpaired) electrons. The summed E-state index contributed by atoms with van der Waals surface area (Å²) in [4.78, 5) is 21.1. The van der Waals surface area contributed by atoms with Gasteiger partial charge in [-0.05, 0) is 12.0 Å². The van der Waals surface area contributed by atoms with Gasteiger partial charge < -0.3 is 19.7 Å².